The van der Waals surface area contributed by atoms with Crippen LogP contribution in [-0.4, -0.2) is 102 Å². The Morgan fingerprint density at radius 3 is 2.38 bits per heavy atom. The first kappa shape index (κ1) is 36.1. The molecule has 1 aliphatic carbocycles. The summed E-state index contributed by atoms with van der Waals surface area (Å²) in [7, 11) is 1.77. The van der Waals surface area contributed by atoms with Crippen LogP contribution in [0.15, 0.2) is 64.8 Å². The molecule has 2 amide bonds. The van der Waals surface area contributed by atoms with Crippen LogP contribution in [0.1, 0.15) is 68.9 Å². The molecular formula is C38H51N7O4S. The van der Waals surface area contributed by atoms with Crippen molar-refractivity contribution in [2.75, 3.05) is 56.6 Å². The molecule has 2 saturated heterocycles. The highest BCUT2D eigenvalue weighted by Crippen LogP contribution is 2.31. The fraction of sp³-hybridized carbons (Fsp3) is 0.526. The second-order valence-electron chi connectivity index (χ2n) is 14.9. The Bertz CT molecular complexity index is 1650. The monoisotopic (exact) mass is 701 g/mol. The number of carbonyl (C=O) groups excluding carboxylic acids is 2. The zero-order chi connectivity index (χ0) is 35.5. The molecule has 6 rings (SSSR count). The first-order valence-electron chi connectivity index (χ1n) is 17.7. The van der Waals surface area contributed by atoms with Crippen LogP contribution < -0.4 is 15.5 Å². The number of aromatic nitrogens is 2. The largest absolute Gasteiger partial charge is 0.444 e. The maximum absolute atomic E-state index is 13.3. The van der Waals surface area contributed by atoms with Gasteiger partial charge in [0, 0.05) is 74.1 Å². The molecule has 0 bridgehead atoms. The van der Waals surface area contributed by atoms with E-state index < -0.39 is 5.60 Å². The lowest BCUT2D eigenvalue weighted by molar-refractivity contribution is -0.0466. The van der Waals surface area contributed by atoms with Crippen LogP contribution in [0, 0.1) is 0 Å². The fourth-order valence-corrected chi connectivity index (χ4v) is 7.79. The van der Waals surface area contributed by atoms with Crippen LogP contribution >= 0.6 is 11.8 Å². The molecular weight excluding hydrogens is 651 g/mol. The number of piperazine rings is 1. The Labute approximate surface area is 300 Å². The van der Waals surface area contributed by atoms with Gasteiger partial charge in [-0.3, -0.25) is 14.6 Å². The van der Waals surface area contributed by atoms with Crippen molar-refractivity contribution in [1.29, 1.82) is 0 Å². The summed E-state index contributed by atoms with van der Waals surface area (Å²) in [5.41, 5.74) is 3.19. The summed E-state index contributed by atoms with van der Waals surface area (Å²) in [5.74, 6) is 0.707. The number of methoxy groups -OCH3 is 1. The Morgan fingerprint density at radius 1 is 0.960 bits per heavy atom. The zero-order valence-electron chi connectivity index (χ0n) is 30.2. The molecule has 2 unspecified atom stereocenters. The van der Waals surface area contributed by atoms with E-state index in [0.717, 1.165) is 86.4 Å². The number of ether oxygens (including phenoxy) is 2. The van der Waals surface area contributed by atoms with Crippen molar-refractivity contribution in [1.82, 2.24) is 25.1 Å². The molecule has 12 heteroatoms. The number of benzene rings is 2. The van der Waals surface area contributed by atoms with E-state index in [4.69, 9.17) is 14.5 Å². The van der Waals surface area contributed by atoms with E-state index in [1.54, 1.807) is 19.5 Å². The van der Waals surface area contributed by atoms with Crippen LogP contribution in [-0.2, 0) is 22.3 Å². The number of nitrogens with zero attached hydrogens (tertiary/aromatic N) is 5. The van der Waals surface area contributed by atoms with Crippen molar-refractivity contribution in [2.45, 2.75) is 93.6 Å². The van der Waals surface area contributed by atoms with Gasteiger partial charge in [-0.25, -0.2) is 14.8 Å². The number of rotatable bonds is 9. The molecule has 2 fully saturated rings. The average molecular weight is 702 g/mol. The Hall–Kier alpha value is -3.71. The predicted molar refractivity (Wildman–Crippen MR) is 197 cm³/mol. The Morgan fingerprint density at radius 2 is 1.70 bits per heavy atom. The van der Waals surface area contributed by atoms with E-state index in [-0.39, 0.29) is 23.8 Å². The number of amides is 2. The minimum absolute atomic E-state index is 0.108. The lowest BCUT2D eigenvalue weighted by Gasteiger charge is -2.40. The van der Waals surface area contributed by atoms with Gasteiger partial charge >= 0.3 is 6.09 Å². The normalized spacial score (nSPS) is 20.2. The Balaban J connectivity index is 0.990. The van der Waals surface area contributed by atoms with E-state index in [0.29, 0.717) is 11.6 Å². The third-order valence-corrected chi connectivity index (χ3v) is 10.9. The van der Waals surface area contributed by atoms with Crippen LogP contribution in [0.25, 0.3) is 0 Å². The maximum Gasteiger partial charge on any atom is 0.408 e. The number of alkyl carbamates (subject to hydrolysis) is 1. The molecule has 268 valence electrons. The van der Waals surface area contributed by atoms with Gasteiger partial charge in [0.1, 0.15) is 22.7 Å². The number of nitrogens with one attached hydrogen (secondary N) is 2. The lowest BCUT2D eigenvalue weighted by atomic mass is 9.90. The van der Waals surface area contributed by atoms with Crippen LogP contribution in [0.4, 0.5) is 16.3 Å². The molecule has 2 N–H and O–H groups in total. The first-order valence-corrected chi connectivity index (χ1v) is 18.5. The second kappa shape index (κ2) is 15.3. The number of anilines is 2. The summed E-state index contributed by atoms with van der Waals surface area (Å²) in [5, 5.41) is 6.92. The number of hydrogen-bond donors (Lipinski definition) is 2. The number of fused-ring (bicyclic) bond motifs is 1. The van der Waals surface area contributed by atoms with Gasteiger partial charge in [0.25, 0.3) is 5.91 Å². The molecule has 0 saturated carbocycles. The van der Waals surface area contributed by atoms with Crippen molar-refractivity contribution in [3.63, 3.8) is 0 Å². The van der Waals surface area contributed by atoms with E-state index in [1.165, 1.54) is 22.9 Å². The molecule has 2 aromatic carbocycles. The lowest BCUT2D eigenvalue weighted by Crippen LogP contribution is -2.54. The minimum Gasteiger partial charge on any atom is -0.444 e. The topological polar surface area (TPSA) is 112 Å². The van der Waals surface area contributed by atoms with E-state index in [2.05, 4.69) is 56.3 Å². The molecule has 0 radical (unpaired) electrons. The molecule has 50 heavy (non-hydrogen) atoms. The Kier molecular flexibility index (Phi) is 11.0. The van der Waals surface area contributed by atoms with Crippen molar-refractivity contribution in [3.8, 4) is 0 Å². The summed E-state index contributed by atoms with van der Waals surface area (Å²) in [6.07, 6.45) is 6.93. The van der Waals surface area contributed by atoms with Gasteiger partial charge in [0.2, 0.25) is 0 Å². The molecule has 11 nitrogen and oxygen atoms in total. The summed E-state index contributed by atoms with van der Waals surface area (Å²) in [6, 6.07) is 14.5. The van der Waals surface area contributed by atoms with E-state index in [9.17, 15) is 9.59 Å². The van der Waals surface area contributed by atoms with Crippen molar-refractivity contribution < 1.29 is 19.1 Å². The quantitative estimate of drug-likeness (QED) is 0.282. The summed E-state index contributed by atoms with van der Waals surface area (Å²) in [4.78, 5) is 43.2. The highest BCUT2D eigenvalue weighted by Gasteiger charge is 2.34. The minimum atomic E-state index is -0.528. The fourth-order valence-electron chi connectivity index (χ4n) is 7.00. The number of piperidine rings is 1. The summed E-state index contributed by atoms with van der Waals surface area (Å²) >= 11 is 1.50. The molecule has 1 aromatic heterocycles. The van der Waals surface area contributed by atoms with E-state index >= 15 is 0 Å². The average Bonchev–Trinajstić information content (AvgIpc) is 3.52. The van der Waals surface area contributed by atoms with Crippen LogP contribution in [0.5, 0.6) is 0 Å². The zero-order valence-corrected chi connectivity index (χ0v) is 31.0. The van der Waals surface area contributed by atoms with Crippen molar-refractivity contribution in [2.24, 2.45) is 0 Å². The van der Waals surface area contributed by atoms with Crippen molar-refractivity contribution >= 4 is 35.3 Å². The van der Waals surface area contributed by atoms with Gasteiger partial charge in [-0.15, -0.1) is 0 Å². The predicted octanol–water partition coefficient (Wildman–Crippen LogP) is 5.84. The van der Waals surface area contributed by atoms with Gasteiger partial charge < -0.3 is 25.0 Å². The third kappa shape index (κ3) is 9.14. The molecule has 2 atom stereocenters. The van der Waals surface area contributed by atoms with Gasteiger partial charge in [0.15, 0.2) is 0 Å². The van der Waals surface area contributed by atoms with Crippen LogP contribution in [0.2, 0.25) is 0 Å². The van der Waals surface area contributed by atoms with Crippen molar-refractivity contribution in [3.05, 3.63) is 71.5 Å². The highest BCUT2D eigenvalue weighted by atomic mass is 32.2. The van der Waals surface area contributed by atoms with Crippen LogP contribution in [0.3, 0.4) is 0 Å². The number of carbonyl (C=O) groups is 2. The summed E-state index contributed by atoms with van der Waals surface area (Å²) in [6.45, 7) is 15.4. The second-order valence-corrected chi connectivity index (χ2v) is 16.0. The SMILES string of the molecule is COC(C)N1CCN(C2Cc3ccc(C(=O)Nc4cccc(Sc5cnc(N6CCC(C)(NC(=O)OC(C)(C)C)CC6)cn5)c4)cc3C2)CC1. The van der Waals surface area contributed by atoms with Gasteiger partial charge in [0.05, 0.1) is 12.4 Å². The smallest absolute Gasteiger partial charge is 0.408 e. The van der Waals surface area contributed by atoms with Gasteiger partial charge in [-0.1, -0.05) is 23.9 Å². The molecule has 3 aromatic rings. The van der Waals surface area contributed by atoms with Gasteiger partial charge in [-0.2, -0.15) is 0 Å². The maximum atomic E-state index is 13.3. The molecule has 0 spiro atoms. The van der Waals surface area contributed by atoms with E-state index in [1.807, 2.05) is 51.1 Å². The van der Waals surface area contributed by atoms with Gasteiger partial charge in [-0.05, 0) is 102 Å². The first-order chi connectivity index (χ1) is 23.9. The molecule has 3 heterocycles. The third-order valence-electron chi connectivity index (χ3n) is 10.0. The highest BCUT2D eigenvalue weighted by molar-refractivity contribution is 7.99. The molecule has 2 aliphatic heterocycles. The standard InChI is InChI=1S/C38H51N7O4S/c1-26(48-6)43-16-18-44(19-17-43)31-21-27-10-11-28(20-29(27)22-31)35(46)41-30-8-7-9-32(23-30)50-34-25-39-33(24-40-34)45-14-12-38(5,13-15-45)42-36(47)49-37(2,3)4/h7-11,20,23-26,31H,12-19,21-22H2,1-6H3,(H,41,46)(H,42,47). The molecule has 3 aliphatic rings. The number of hydrogen-bond acceptors (Lipinski definition) is 10. The summed E-state index contributed by atoms with van der Waals surface area (Å²) < 4.78 is 11.0.